The molecule has 0 spiro atoms. The zero-order chi connectivity index (χ0) is 24.9. The molecule has 0 unspecified atom stereocenters. The fourth-order valence-electron chi connectivity index (χ4n) is 4.67. The van der Waals surface area contributed by atoms with Gasteiger partial charge < -0.3 is 25.2 Å². The van der Waals surface area contributed by atoms with Crippen molar-refractivity contribution in [2.24, 2.45) is 0 Å². The topological polar surface area (TPSA) is 82.4 Å². The van der Waals surface area contributed by atoms with Crippen LogP contribution in [0.3, 0.4) is 0 Å². The summed E-state index contributed by atoms with van der Waals surface area (Å²) in [4.78, 5) is 18.4. The summed E-state index contributed by atoms with van der Waals surface area (Å²) < 4.78 is 2.04. The van der Waals surface area contributed by atoms with Crippen molar-refractivity contribution in [3.05, 3.63) is 114 Å². The molecular formula is C28H27N5O2S. The van der Waals surface area contributed by atoms with Crippen molar-refractivity contribution in [2.45, 2.75) is 18.5 Å². The molecule has 0 amide bonds. The van der Waals surface area contributed by atoms with Crippen LogP contribution in [0.5, 0.6) is 0 Å². The number of aromatic carboxylic acids is 1. The minimum Gasteiger partial charge on any atom is -0.478 e. The molecule has 0 radical (unpaired) electrons. The molecule has 7 nitrogen and oxygen atoms in total. The van der Waals surface area contributed by atoms with Crippen LogP contribution >= 0.6 is 12.2 Å². The first-order valence-electron chi connectivity index (χ1n) is 11.9. The highest BCUT2D eigenvalue weighted by Gasteiger charge is 2.40. The largest absolute Gasteiger partial charge is 0.478 e. The third-order valence-corrected chi connectivity index (χ3v) is 6.68. The Morgan fingerprint density at radius 3 is 2.64 bits per heavy atom. The van der Waals surface area contributed by atoms with Gasteiger partial charge in [-0.25, -0.2) is 4.79 Å². The van der Waals surface area contributed by atoms with E-state index in [9.17, 15) is 9.90 Å². The van der Waals surface area contributed by atoms with Crippen LogP contribution in [0.1, 0.15) is 40.3 Å². The fraction of sp³-hybridized carbons (Fsp3) is 0.179. The SMILES string of the molecule is O=C(O)c1cccc(-n2cccc2[C@H]2[C@@H](c3ccccn3)NC(=S)N2CCCNc2ccccc2)c1. The van der Waals surface area contributed by atoms with Gasteiger partial charge in [0, 0.05) is 42.6 Å². The average molecular weight is 498 g/mol. The number of rotatable bonds is 9. The molecule has 182 valence electrons. The van der Waals surface area contributed by atoms with E-state index in [0.717, 1.165) is 42.3 Å². The second kappa shape index (κ2) is 10.6. The van der Waals surface area contributed by atoms with Crippen molar-refractivity contribution in [2.75, 3.05) is 18.4 Å². The zero-order valence-electron chi connectivity index (χ0n) is 19.6. The number of hydrogen-bond donors (Lipinski definition) is 3. The standard InChI is InChI=1S/C28H27N5O2S/c34-27(35)20-9-6-12-22(19-20)32-17-7-14-24(32)26-25(23-13-4-5-15-30-23)31-28(36)33(26)18-8-16-29-21-10-2-1-3-11-21/h1-7,9-15,17,19,25-26,29H,8,16,18H2,(H,31,36)(H,34,35)/t25-,26+/m1/s1. The molecular weight excluding hydrogens is 470 g/mol. The van der Waals surface area contributed by atoms with Crippen LogP contribution in [0.15, 0.2) is 97.3 Å². The third-order valence-electron chi connectivity index (χ3n) is 6.33. The molecule has 2 aromatic heterocycles. The van der Waals surface area contributed by atoms with Crippen molar-refractivity contribution < 1.29 is 9.90 Å². The average Bonchev–Trinajstić information content (AvgIpc) is 3.52. The van der Waals surface area contributed by atoms with E-state index in [0.29, 0.717) is 5.11 Å². The van der Waals surface area contributed by atoms with Gasteiger partial charge in [-0.2, -0.15) is 0 Å². The van der Waals surface area contributed by atoms with Crippen molar-refractivity contribution in [3.63, 3.8) is 0 Å². The van der Waals surface area contributed by atoms with Crippen LogP contribution in [0, 0.1) is 0 Å². The maximum Gasteiger partial charge on any atom is 0.335 e. The van der Waals surface area contributed by atoms with E-state index >= 15 is 0 Å². The quantitative estimate of drug-likeness (QED) is 0.221. The van der Waals surface area contributed by atoms with Crippen LogP contribution in [0.25, 0.3) is 5.69 Å². The molecule has 0 saturated carbocycles. The number of nitrogens with zero attached hydrogens (tertiary/aromatic N) is 3. The normalized spacial score (nSPS) is 17.1. The lowest BCUT2D eigenvalue weighted by Crippen LogP contribution is -2.32. The van der Waals surface area contributed by atoms with E-state index in [-0.39, 0.29) is 17.6 Å². The second-order valence-electron chi connectivity index (χ2n) is 8.62. The van der Waals surface area contributed by atoms with Crippen molar-refractivity contribution in [1.29, 1.82) is 0 Å². The second-order valence-corrected chi connectivity index (χ2v) is 9.01. The van der Waals surface area contributed by atoms with Crippen molar-refractivity contribution in [3.8, 4) is 5.69 Å². The fourth-order valence-corrected chi connectivity index (χ4v) is 5.00. The predicted molar refractivity (Wildman–Crippen MR) is 144 cm³/mol. The number of benzene rings is 2. The molecule has 0 aliphatic carbocycles. The van der Waals surface area contributed by atoms with Gasteiger partial charge in [-0.15, -0.1) is 0 Å². The minimum atomic E-state index is -0.951. The number of thiocarbonyl (C=S) groups is 1. The summed E-state index contributed by atoms with van der Waals surface area (Å²) in [7, 11) is 0. The molecule has 1 fully saturated rings. The summed E-state index contributed by atoms with van der Waals surface area (Å²) in [5, 5.41) is 17.1. The highest BCUT2D eigenvalue weighted by atomic mass is 32.1. The summed E-state index contributed by atoms with van der Waals surface area (Å²) in [6, 6.07) is 26.8. The summed E-state index contributed by atoms with van der Waals surface area (Å²) in [6.45, 7) is 1.56. The van der Waals surface area contributed by atoms with Gasteiger partial charge in [-0.1, -0.05) is 30.3 Å². The maximum atomic E-state index is 11.6. The molecule has 1 aliphatic rings. The van der Waals surface area contributed by atoms with Gasteiger partial charge in [0.05, 0.1) is 23.3 Å². The minimum absolute atomic E-state index is 0.118. The molecule has 5 rings (SSSR count). The summed E-state index contributed by atoms with van der Waals surface area (Å²) >= 11 is 5.81. The zero-order valence-corrected chi connectivity index (χ0v) is 20.4. The molecule has 3 N–H and O–H groups in total. The lowest BCUT2D eigenvalue weighted by molar-refractivity contribution is 0.0697. The highest BCUT2D eigenvalue weighted by molar-refractivity contribution is 7.80. The van der Waals surface area contributed by atoms with Crippen LogP contribution in [-0.4, -0.2) is 43.7 Å². The van der Waals surface area contributed by atoms with E-state index in [4.69, 9.17) is 12.2 Å². The van der Waals surface area contributed by atoms with Gasteiger partial charge in [0.1, 0.15) is 0 Å². The van der Waals surface area contributed by atoms with Gasteiger partial charge in [-0.05, 0) is 73.2 Å². The first-order valence-corrected chi connectivity index (χ1v) is 12.3. The molecule has 1 aliphatic heterocycles. The number of carbonyl (C=O) groups is 1. The summed E-state index contributed by atoms with van der Waals surface area (Å²) in [5.74, 6) is -0.951. The molecule has 4 aromatic rings. The first kappa shape index (κ1) is 23.6. The number of para-hydroxylation sites is 1. The van der Waals surface area contributed by atoms with Gasteiger partial charge in [0.15, 0.2) is 5.11 Å². The van der Waals surface area contributed by atoms with E-state index < -0.39 is 5.97 Å². The van der Waals surface area contributed by atoms with Crippen LogP contribution in [0.2, 0.25) is 0 Å². The van der Waals surface area contributed by atoms with E-state index in [1.54, 1.807) is 24.4 Å². The number of aromatic nitrogens is 2. The molecule has 36 heavy (non-hydrogen) atoms. The Morgan fingerprint density at radius 2 is 1.86 bits per heavy atom. The summed E-state index contributed by atoms with van der Waals surface area (Å²) in [5.41, 5.74) is 4.05. The number of pyridine rings is 1. The lowest BCUT2D eigenvalue weighted by Gasteiger charge is -2.29. The van der Waals surface area contributed by atoms with Gasteiger partial charge in [0.2, 0.25) is 0 Å². The Labute approximate surface area is 215 Å². The van der Waals surface area contributed by atoms with Crippen molar-refractivity contribution >= 4 is 29.0 Å². The Hall–Kier alpha value is -4.17. The van der Waals surface area contributed by atoms with E-state index in [2.05, 4.69) is 38.7 Å². The predicted octanol–water partition coefficient (Wildman–Crippen LogP) is 5.05. The Morgan fingerprint density at radius 1 is 1.03 bits per heavy atom. The molecule has 2 atom stereocenters. The van der Waals surface area contributed by atoms with Crippen LogP contribution in [-0.2, 0) is 0 Å². The third kappa shape index (κ3) is 4.94. The van der Waals surface area contributed by atoms with E-state index in [1.807, 2.05) is 59.3 Å². The molecule has 1 saturated heterocycles. The van der Waals surface area contributed by atoms with Crippen LogP contribution in [0.4, 0.5) is 5.69 Å². The van der Waals surface area contributed by atoms with E-state index in [1.165, 1.54) is 0 Å². The van der Waals surface area contributed by atoms with Gasteiger partial charge in [-0.3, -0.25) is 4.98 Å². The van der Waals surface area contributed by atoms with Gasteiger partial charge in [0.25, 0.3) is 0 Å². The lowest BCUT2D eigenvalue weighted by atomic mass is 10.0. The Bertz CT molecular complexity index is 1340. The molecule has 0 bridgehead atoms. The van der Waals surface area contributed by atoms with Crippen molar-refractivity contribution in [1.82, 2.24) is 19.8 Å². The smallest absolute Gasteiger partial charge is 0.335 e. The maximum absolute atomic E-state index is 11.6. The monoisotopic (exact) mass is 497 g/mol. The van der Waals surface area contributed by atoms with Gasteiger partial charge >= 0.3 is 5.97 Å². The number of hydrogen-bond acceptors (Lipinski definition) is 4. The molecule has 3 heterocycles. The Kier molecular flexibility index (Phi) is 6.95. The Balaban J connectivity index is 1.44. The summed E-state index contributed by atoms with van der Waals surface area (Å²) in [6.07, 6.45) is 4.64. The molecule has 8 heteroatoms. The number of anilines is 1. The molecule has 2 aromatic carbocycles. The highest BCUT2D eigenvalue weighted by Crippen LogP contribution is 2.39. The number of nitrogens with one attached hydrogen (secondary N) is 2. The number of carboxylic acid groups (broad SMARTS) is 1. The first-order chi connectivity index (χ1) is 17.6. The van der Waals surface area contributed by atoms with Crippen LogP contribution < -0.4 is 10.6 Å². The number of carboxylic acids is 1.